The first-order chi connectivity index (χ1) is 16.5. The molecule has 36 heavy (non-hydrogen) atoms. The van der Waals surface area contributed by atoms with Crippen LogP contribution < -0.4 is 32.7 Å². The molecule has 14 heteroatoms. The third-order valence-corrected chi connectivity index (χ3v) is 5.08. The molecule has 5 amide bonds. The van der Waals surface area contributed by atoms with Crippen LogP contribution in [0.2, 0.25) is 0 Å². The summed E-state index contributed by atoms with van der Waals surface area (Å²) in [7, 11) is 0. The summed E-state index contributed by atoms with van der Waals surface area (Å²) in [5, 5.41) is 28.8. The number of amides is 5. The Hall–Kier alpha value is -3.26. The molecule has 0 aromatic rings. The maximum Gasteiger partial charge on any atom is 0.326 e. The molecule has 6 atom stereocenters. The first-order valence-electron chi connectivity index (χ1n) is 11.6. The summed E-state index contributed by atoms with van der Waals surface area (Å²) in [6.07, 6.45) is -1.88. The van der Waals surface area contributed by atoms with Crippen LogP contribution in [-0.2, 0) is 28.8 Å². The average molecular weight is 517 g/mol. The molecule has 0 aromatic heterocycles. The van der Waals surface area contributed by atoms with Crippen LogP contribution in [0.4, 0.5) is 0 Å². The zero-order valence-electron chi connectivity index (χ0n) is 21.5. The highest BCUT2D eigenvalue weighted by molar-refractivity contribution is 5.97. The van der Waals surface area contributed by atoms with E-state index in [1.807, 2.05) is 0 Å². The molecule has 0 heterocycles. The van der Waals surface area contributed by atoms with E-state index in [-0.39, 0.29) is 12.3 Å². The normalized spacial score (nSPS) is 16.2. The SMILES string of the molecule is CC(C)C[C@H](NC(=O)[C@@H](NC(=O)[C@@H](NC(=O)[C@H](CC(N)=O)NC(=O)[C@H](C)N)[C@@H](C)O)C(C)C)C(=O)O. The zero-order chi connectivity index (χ0) is 28.3. The topological polar surface area (TPSA) is 243 Å². The summed E-state index contributed by atoms with van der Waals surface area (Å²) in [5.74, 6) is -6.08. The smallest absolute Gasteiger partial charge is 0.326 e. The van der Waals surface area contributed by atoms with Crippen molar-refractivity contribution < 1.29 is 39.0 Å². The number of hydrogen-bond donors (Lipinski definition) is 8. The number of rotatable bonds is 15. The van der Waals surface area contributed by atoms with Crippen molar-refractivity contribution in [2.75, 3.05) is 0 Å². The third-order valence-electron chi connectivity index (χ3n) is 5.08. The molecule has 0 aliphatic carbocycles. The van der Waals surface area contributed by atoms with E-state index in [1.165, 1.54) is 13.8 Å². The van der Waals surface area contributed by atoms with Crippen molar-refractivity contribution >= 4 is 35.5 Å². The summed E-state index contributed by atoms with van der Waals surface area (Å²) in [4.78, 5) is 73.2. The van der Waals surface area contributed by atoms with Gasteiger partial charge in [-0.1, -0.05) is 27.7 Å². The van der Waals surface area contributed by atoms with E-state index in [9.17, 15) is 39.0 Å². The Morgan fingerprint density at radius 1 is 0.722 bits per heavy atom. The molecule has 14 nitrogen and oxygen atoms in total. The molecule has 0 aliphatic heterocycles. The number of aliphatic carboxylic acids is 1. The molecule has 0 aliphatic rings. The highest BCUT2D eigenvalue weighted by atomic mass is 16.4. The lowest BCUT2D eigenvalue weighted by molar-refractivity contribution is -0.143. The monoisotopic (exact) mass is 516 g/mol. The van der Waals surface area contributed by atoms with E-state index in [0.717, 1.165) is 0 Å². The maximum absolute atomic E-state index is 12.9. The third kappa shape index (κ3) is 11.4. The number of nitrogens with one attached hydrogen (secondary N) is 4. The Labute approximate surface area is 210 Å². The number of nitrogens with two attached hydrogens (primary N) is 2. The van der Waals surface area contributed by atoms with Crippen molar-refractivity contribution in [3.63, 3.8) is 0 Å². The predicted molar refractivity (Wildman–Crippen MR) is 129 cm³/mol. The Morgan fingerprint density at radius 2 is 1.19 bits per heavy atom. The van der Waals surface area contributed by atoms with Crippen LogP contribution in [0, 0.1) is 11.8 Å². The van der Waals surface area contributed by atoms with Gasteiger partial charge in [-0.15, -0.1) is 0 Å². The first kappa shape index (κ1) is 32.7. The Kier molecular flexibility index (Phi) is 13.6. The van der Waals surface area contributed by atoms with Gasteiger partial charge in [-0.05, 0) is 32.1 Å². The minimum atomic E-state index is -1.58. The Bertz CT molecular complexity index is 814. The van der Waals surface area contributed by atoms with Crippen molar-refractivity contribution in [2.24, 2.45) is 23.3 Å². The van der Waals surface area contributed by atoms with Gasteiger partial charge in [0.1, 0.15) is 24.2 Å². The fourth-order valence-corrected chi connectivity index (χ4v) is 3.11. The first-order valence-corrected chi connectivity index (χ1v) is 11.6. The van der Waals surface area contributed by atoms with E-state index in [1.54, 1.807) is 27.7 Å². The van der Waals surface area contributed by atoms with Gasteiger partial charge in [0.25, 0.3) is 0 Å². The molecule has 0 unspecified atom stereocenters. The number of hydrogen-bond acceptors (Lipinski definition) is 8. The molecule has 0 saturated carbocycles. The fraction of sp³-hybridized carbons (Fsp3) is 0.727. The van der Waals surface area contributed by atoms with Crippen LogP contribution in [0.1, 0.15) is 54.4 Å². The second kappa shape index (κ2) is 15.0. The number of carboxylic acid groups (broad SMARTS) is 1. The molecule has 0 fully saturated rings. The van der Waals surface area contributed by atoms with Gasteiger partial charge < -0.3 is 42.9 Å². The predicted octanol–water partition coefficient (Wildman–Crippen LogP) is -2.68. The maximum atomic E-state index is 12.9. The highest BCUT2D eigenvalue weighted by Crippen LogP contribution is 2.09. The van der Waals surface area contributed by atoms with Gasteiger partial charge in [-0.2, -0.15) is 0 Å². The molecule has 10 N–H and O–H groups in total. The van der Waals surface area contributed by atoms with E-state index in [2.05, 4.69) is 21.3 Å². The van der Waals surface area contributed by atoms with Crippen molar-refractivity contribution in [1.29, 1.82) is 0 Å². The Morgan fingerprint density at radius 3 is 1.58 bits per heavy atom. The van der Waals surface area contributed by atoms with Gasteiger partial charge >= 0.3 is 5.97 Å². The van der Waals surface area contributed by atoms with Gasteiger partial charge in [-0.25, -0.2) is 4.79 Å². The van der Waals surface area contributed by atoms with Crippen molar-refractivity contribution in [2.45, 2.75) is 90.7 Å². The second-order valence-corrected chi connectivity index (χ2v) is 9.51. The quantitative estimate of drug-likeness (QED) is 0.113. The number of aliphatic hydroxyl groups is 1. The van der Waals surface area contributed by atoms with Crippen LogP contribution in [0.5, 0.6) is 0 Å². The minimum absolute atomic E-state index is 0.0237. The number of carbonyl (C=O) groups excluding carboxylic acids is 5. The summed E-state index contributed by atoms with van der Waals surface area (Å²) in [5.41, 5.74) is 10.6. The van der Waals surface area contributed by atoms with Gasteiger partial charge in [0.05, 0.1) is 18.6 Å². The summed E-state index contributed by atoms with van der Waals surface area (Å²) in [6, 6.07) is -6.42. The molecular weight excluding hydrogens is 476 g/mol. The lowest BCUT2D eigenvalue weighted by Crippen LogP contribution is -2.61. The number of carboxylic acids is 1. The van der Waals surface area contributed by atoms with Crippen LogP contribution in [0.3, 0.4) is 0 Å². The van der Waals surface area contributed by atoms with E-state index in [4.69, 9.17) is 11.5 Å². The van der Waals surface area contributed by atoms with Crippen LogP contribution in [0.15, 0.2) is 0 Å². The Balaban J connectivity index is 5.65. The van der Waals surface area contributed by atoms with Crippen LogP contribution in [-0.4, -0.2) is 82.0 Å². The molecule has 0 aromatic carbocycles. The summed E-state index contributed by atoms with van der Waals surface area (Å²) < 4.78 is 0. The van der Waals surface area contributed by atoms with E-state index in [0.29, 0.717) is 0 Å². The van der Waals surface area contributed by atoms with Gasteiger partial charge in [0.2, 0.25) is 29.5 Å². The second-order valence-electron chi connectivity index (χ2n) is 9.51. The van der Waals surface area contributed by atoms with Crippen LogP contribution in [0.25, 0.3) is 0 Å². The molecule has 0 saturated heterocycles. The summed E-state index contributed by atoms with van der Waals surface area (Å²) >= 11 is 0. The minimum Gasteiger partial charge on any atom is -0.480 e. The summed E-state index contributed by atoms with van der Waals surface area (Å²) in [6.45, 7) is 9.38. The average Bonchev–Trinajstić information content (AvgIpc) is 2.72. The molecule has 0 spiro atoms. The van der Waals surface area contributed by atoms with E-state index < -0.39 is 84.2 Å². The standard InChI is InChI=1S/C22H40N6O8/c1-9(2)7-14(22(35)36)26-20(33)16(10(3)4)27-21(34)17(12(6)29)28-19(32)13(8-15(24)30)25-18(31)11(5)23/h9-14,16-17,29H,7-8,23H2,1-6H3,(H2,24,30)(H,25,31)(H,26,33)(H,27,34)(H,28,32)(H,35,36)/t11-,12+,13-,14-,16-,17-/m0/s1. The highest BCUT2D eigenvalue weighted by Gasteiger charge is 2.35. The number of primary amides is 1. The zero-order valence-corrected chi connectivity index (χ0v) is 21.5. The van der Waals surface area contributed by atoms with Crippen LogP contribution >= 0.6 is 0 Å². The van der Waals surface area contributed by atoms with Crippen molar-refractivity contribution in [1.82, 2.24) is 21.3 Å². The van der Waals surface area contributed by atoms with Crippen molar-refractivity contribution in [3.8, 4) is 0 Å². The largest absolute Gasteiger partial charge is 0.480 e. The van der Waals surface area contributed by atoms with Gasteiger partial charge in [-0.3, -0.25) is 24.0 Å². The lowest BCUT2D eigenvalue weighted by Gasteiger charge is -2.28. The molecular formula is C22H40N6O8. The lowest BCUT2D eigenvalue weighted by atomic mass is 9.99. The molecule has 0 radical (unpaired) electrons. The van der Waals surface area contributed by atoms with Gasteiger partial charge in [0, 0.05) is 0 Å². The van der Waals surface area contributed by atoms with E-state index >= 15 is 0 Å². The molecule has 0 rings (SSSR count). The molecule has 0 bridgehead atoms. The van der Waals surface area contributed by atoms with Gasteiger partial charge in [0.15, 0.2) is 0 Å². The van der Waals surface area contributed by atoms with Crippen molar-refractivity contribution in [3.05, 3.63) is 0 Å². The molecule has 206 valence electrons. The number of carbonyl (C=O) groups is 6. The number of aliphatic hydroxyl groups excluding tert-OH is 1. The fourth-order valence-electron chi connectivity index (χ4n) is 3.11.